The van der Waals surface area contributed by atoms with E-state index in [2.05, 4.69) is 15.0 Å². The molecule has 0 radical (unpaired) electrons. The van der Waals surface area contributed by atoms with E-state index in [-0.39, 0.29) is 6.04 Å². The van der Waals surface area contributed by atoms with Crippen LogP contribution in [-0.4, -0.2) is 49.0 Å². The van der Waals surface area contributed by atoms with Crippen molar-refractivity contribution in [2.45, 2.75) is 12.5 Å². The summed E-state index contributed by atoms with van der Waals surface area (Å²) in [6.07, 6.45) is 0.780. The average Bonchev–Trinajstić information content (AvgIpc) is 2.39. The Morgan fingerprint density at radius 3 is 2.56 bits per heavy atom. The number of hydrogen-bond donors (Lipinski definition) is 1. The standard InChI is InChI=1S/C13H18ClN3O/c1-16(2)13-9-17(8-7-12(13)15-18)11-5-3-10(14)4-6-11/h3-6,13,18H,7-9H2,1-2H3/b15-12+. The molecule has 0 aromatic heterocycles. The lowest BCUT2D eigenvalue weighted by Gasteiger charge is -2.37. The minimum absolute atomic E-state index is 0.152. The summed E-state index contributed by atoms with van der Waals surface area (Å²) in [6, 6.07) is 8.00. The molecule has 1 aromatic rings. The number of likely N-dealkylation sites (N-methyl/N-ethyl adjacent to an activating group) is 1. The van der Waals surface area contributed by atoms with Crippen LogP contribution in [0, 0.1) is 0 Å². The summed E-state index contributed by atoms with van der Waals surface area (Å²) >= 11 is 5.90. The number of anilines is 1. The van der Waals surface area contributed by atoms with Crippen LogP contribution in [0.5, 0.6) is 0 Å². The van der Waals surface area contributed by atoms with Crippen LogP contribution in [0.4, 0.5) is 5.69 Å². The van der Waals surface area contributed by atoms with Gasteiger partial charge in [0.2, 0.25) is 0 Å². The molecule has 1 N–H and O–H groups in total. The molecule has 0 amide bonds. The van der Waals surface area contributed by atoms with Gasteiger partial charge in [0.05, 0.1) is 11.8 Å². The van der Waals surface area contributed by atoms with Crippen LogP contribution in [0.2, 0.25) is 5.02 Å². The molecule has 1 aliphatic rings. The largest absolute Gasteiger partial charge is 0.411 e. The summed E-state index contributed by atoms with van der Waals surface area (Å²) in [5, 5.41) is 13.2. The van der Waals surface area contributed by atoms with Gasteiger partial charge in [-0.2, -0.15) is 0 Å². The maximum atomic E-state index is 9.03. The SMILES string of the molecule is CN(C)C1CN(c2ccc(Cl)cc2)CC/C1=N\O. The zero-order valence-electron chi connectivity index (χ0n) is 10.7. The van der Waals surface area contributed by atoms with E-state index in [0.29, 0.717) is 0 Å². The number of benzene rings is 1. The van der Waals surface area contributed by atoms with E-state index in [4.69, 9.17) is 16.8 Å². The Bertz CT molecular complexity index is 430. The average molecular weight is 268 g/mol. The molecule has 0 aliphatic carbocycles. The Hall–Kier alpha value is -1.26. The molecule has 0 saturated carbocycles. The van der Waals surface area contributed by atoms with Gasteiger partial charge < -0.3 is 10.1 Å². The lowest BCUT2D eigenvalue weighted by molar-refractivity contribution is 0.294. The molecular weight excluding hydrogens is 250 g/mol. The van der Waals surface area contributed by atoms with Crippen LogP contribution in [0.15, 0.2) is 29.4 Å². The van der Waals surface area contributed by atoms with Gasteiger partial charge in [0.15, 0.2) is 0 Å². The smallest absolute Gasteiger partial charge is 0.0777 e. The molecular formula is C13H18ClN3O. The Balaban J connectivity index is 2.15. The fourth-order valence-corrected chi connectivity index (χ4v) is 2.41. The molecule has 1 aliphatic heterocycles. The molecule has 1 aromatic carbocycles. The van der Waals surface area contributed by atoms with Gasteiger partial charge in [-0.3, -0.25) is 4.90 Å². The third kappa shape index (κ3) is 2.76. The van der Waals surface area contributed by atoms with Crippen LogP contribution in [0.1, 0.15) is 6.42 Å². The number of piperidine rings is 1. The maximum Gasteiger partial charge on any atom is 0.0777 e. The van der Waals surface area contributed by atoms with Gasteiger partial charge in [-0.15, -0.1) is 0 Å². The highest BCUT2D eigenvalue weighted by atomic mass is 35.5. The van der Waals surface area contributed by atoms with Crippen LogP contribution >= 0.6 is 11.6 Å². The van der Waals surface area contributed by atoms with Crippen molar-refractivity contribution in [1.82, 2.24) is 4.90 Å². The minimum atomic E-state index is 0.152. The molecule has 1 heterocycles. The van der Waals surface area contributed by atoms with E-state index in [9.17, 15) is 0 Å². The maximum absolute atomic E-state index is 9.03. The van der Waals surface area contributed by atoms with E-state index >= 15 is 0 Å². The Morgan fingerprint density at radius 1 is 1.33 bits per heavy atom. The Morgan fingerprint density at radius 2 is 2.00 bits per heavy atom. The third-order valence-electron chi connectivity index (χ3n) is 3.36. The summed E-state index contributed by atoms with van der Waals surface area (Å²) < 4.78 is 0. The molecule has 1 fully saturated rings. The molecule has 0 spiro atoms. The molecule has 1 saturated heterocycles. The lowest BCUT2D eigenvalue weighted by atomic mass is 10.0. The number of hydrogen-bond acceptors (Lipinski definition) is 4. The lowest BCUT2D eigenvalue weighted by Crippen LogP contribution is -2.51. The van der Waals surface area contributed by atoms with E-state index < -0.39 is 0 Å². The predicted octanol–water partition coefficient (Wildman–Crippen LogP) is 2.31. The summed E-state index contributed by atoms with van der Waals surface area (Å²) in [7, 11) is 4.00. The quantitative estimate of drug-likeness (QED) is 0.660. The van der Waals surface area contributed by atoms with Crippen LogP contribution < -0.4 is 4.90 Å². The first-order valence-corrected chi connectivity index (χ1v) is 6.37. The van der Waals surface area contributed by atoms with Gasteiger partial charge in [0.1, 0.15) is 0 Å². The number of halogens is 1. The molecule has 0 bridgehead atoms. The number of rotatable bonds is 2. The van der Waals surface area contributed by atoms with Crippen molar-refractivity contribution >= 4 is 23.0 Å². The van der Waals surface area contributed by atoms with Crippen molar-refractivity contribution in [2.24, 2.45) is 5.16 Å². The highest BCUT2D eigenvalue weighted by Crippen LogP contribution is 2.22. The fourth-order valence-electron chi connectivity index (χ4n) is 2.29. The summed E-state index contributed by atoms with van der Waals surface area (Å²) in [5.41, 5.74) is 2.01. The van der Waals surface area contributed by atoms with Crippen LogP contribution in [0.3, 0.4) is 0 Å². The van der Waals surface area contributed by atoms with Crippen molar-refractivity contribution in [3.63, 3.8) is 0 Å². The second kappa shape index (κ2) is 5.59. The molecule has 1 unspecified atom stereocenters. The van der Waals surface area contributed by atoms with Gasteiger partial charge >= 0.3 is 0 Å². The van der Waals surface area contributed by atoms with Crippen molar-refractivity contribution in [1.29, 1.82) is 0 Å². The Labute approximate surface area is 112 Å². The minimum Gasteiger partial charge on any atom is -0.411 e. The number of oxime groups is 1. The van der Waals surface area contributed by atoms with Gasteiger partial charge in [0.25, 0.3) is 0 Å². The second-order valence-electron chi connectivity index (χ2n) is 4.74. The van der Waals surface area contributed by atoms with Crippen molar-refractivity contribution in [3.8, 4) is 0 Å². The molecule has 2 rings (SSSR count). The first kappa shape index (κ1) is 13.2. The van der Waals surface area contributed by atoms with E-state index in [0.717, 1.165) is 35.9 Å². The monoisotopic (exact) mass is 267 g/mol. The van der Waals surface area contributed by atoms with Crippen molar-refractivity contribution in [2.75, 3.05) is 32.1 Å². The highest BCUT2D eigenvalue weighted by Gasteiger charge is 2.27. The first-order valence-electron chi connectivity index (χ1n) is 5.99. The predicted molar refractivity (Wildman–Crippen MR) is 75.0 cm³/mol. The Kier molecular flexibility index (Phi) is 4.09. The highest BCUT2D eigenvalue weighted by molar-refractivity contribution is 6.30. The van der Waals surface area contributed by atoms with E-state index in [1.54, 1.807) is 0 Å². The van der Waals surface area contributed by atoms with Gasteiger partial charge in [0, 0.05) is 30.2 Å². The van der Waals surface area contributed by atoms with Gasteiger partial charge in [-0.05, 0) is 38.4 Å². The third-order valence-corrected chi connectivity index (χ3v) is 3.61. The zero-order chi connectivity index (χ0) is 13.1. The molecule has 1 atom stereocenters. The van der Waals surface area contributed by atoms with Crippen molar-refractivity contribution in [3.05, 3.63) is 29.3 Å². The fraction of sp³-hybridized carbons (Fsp3) is 0.462. The number of nitrogens with zero attached hydrogens (tertiary/aromatic N) is 3. The van der Waals surface area contributed by atoms with E-state index in [1.165, 1.54) is 0 Å². The van der Waals surface area contributed by atoms with Gasteiger partial charge in [-0.1, -0.05) is 16.8 Å². The molecule has 4 nitrogen and oxygen atoms in total. The molecule has 5 heteroatoms. The summed E-state index contributed by atoms with van der Waals surface area (Å²) in [6.45, 7) is 1.69. The molecule has 98 valence electrons. The zero-order valence-corrected chi connectivity index (χ0v) is 11.4. The summed E-state index contributed by atoms with van der Waals surface area (Å²) in [5.74, 6) is 0. The van der Waals surface area contributed by atoms with Crippen LogP contribution in [0.25, 0.3) is 0 Å². The first-order chi connectivity index (χ1) is 8.61. The summed E-state index contributed by atoms with van der Waals surface area (Å²) in [4.78, 5) is 4.37. The van der Waals surface area contributed by atoms with Gasteiger partial charge in [-0.25, -0.2) is 0 Å². The van der Waals surface area contributed by atoms with Crippen LogP contribution in [-0.2, 0) is 0 Å². The topological polar surface area (TPSA) is 39.1 Å². The normalized spacial score (nSPS) is 22.8. The molecule has 18 heavy (non-hydrogen) atoms. The van der Waals surface area contributed by atoms with Crippen molar-refractivity contribution < 1.29 is 5.21 Å². The second-order valence-corrected chi connectivity index (χ2v) is 5.18. The van der Waals surface area contributed by atoms with E-state index in [1.807, 2.05) is 38.4 Å².